The number of aliphatic carboxylic acids is 2. The molecule has 0 aromatic rings. The van der Waals surface area contributed by atoms with E-state index >= 15 is 0 Å². The molecular weight excluding hydrogens is 360 g/mol. The van der Waals surface area contributed by atoms with Crippen molar-refractivity contribution in [3.05, 3.63) is 0 Å². The second-order valence-electron chi connectivity index (χ2n) is 7.40. The van der Waals surface area contributed by atoms with Gasteiger partial charge in [0.25, 0.3) is 0 Å². The van der Waals surface area contributed by atoms with Crippen LogP contribution in [0.15, 0.2) is 0 Å². The van der Waals surface area contributed by atoms with Crippen LogP contribution in [0.25, 0.3) is 0 Å². The Kier molecular flexibility index (Phi) is 17.8. The van der Waals surface area contributed by atoms with E-state index in [0.717, 1.165) is 57.9 Å². The molecule has 7 nitrogen and oxygen atoms in total. The lowest BCUT2D eigenvalue weighted by molar-refractivity contribution is -0.154. The van der Waals surface area contributed by atoms with E-state index in [9.17, 15) is 19.5 Å². The van der Waals surface area contributed by atoms with E-state index in [1.165, 1.54) is 4.90 Å². The number of hydrogen-bond donors (Lipinski definition) is 2. The highest BCUT2D eigenvalue weighted by molar-refractivity contribution is 5.80. The van der Waals surface area contributed by atoms with Gasteiger partial charge in [0.05, 0.1) is 0 Å². The maximum absolute atomic E-state index is 12.1. The smallest absolute Gasteiger partial charge is 0.324 e. The van der Waals surface area contributed by atoms with Crippen LogP contribution in [-0.4, -0.2) is 71.1 Å². The van der Waals surface area contributed by atoms with Crippen LogP contribution in [-0.2, 0) is 14.4 Å². The highest BCUT2D eigenvalue weighted by Gasteiger charge is 2.42. The van der Waals surface area contributed by atoms with Crippen molar-refractivity contribution in [2.45, 2.75) is 90.5 Å². The van der Waals surface area contributed by atoms with Crippen molar-refractivity contribution < 1.29 is 24.6 Å². The van der Waals surface area contributed by atoms with Crippen molar-refractivity contribution in [3.8, 4) is 0 Å². The van der Waals surface area contributed by atoms with Gasteiger partial charge in [0, 0.05) is 20.5 Å². The second kappa shape index (κ2) is 17.5. The largest absolute Gasteiger partial charge is 0.481 e. The Bertz CT molecular complexity index is 429. The monoisotopic (exact) mass is 402 g/mol. The van der Waals surface area contributed by atoms with Crippen LogP contribution in [0.3, 0.4) is 0 Å². The van der Waals surface area contributed by atoms with E-state index < -0.39 is 17.5 Å². The second-order valence-corrected chi connectivity index (χ2v) is 7.40. The lowest BCUT2D eigenvalue weighted by atomic mass is 9.85. The van der Waals surface area contributed by atoms with Gasteiger partial charge in [-0.15, -0.1) is 0 Å². The number of hydrogen-bond acceptors (Lipinski definition) is 4. The van der Waals surface area contributed by atoms with E-state index in [-0.39, 0.29) is 12.8 Å². The Labute approximate surface area is 171 Å². The molecule has 166 valence electrons. The third-order valence-corrected chi connectivity index (χ3v) is 4.82. The first-order chi connectivity index (χ1) is 13.2. The number of nitrogens with zero attached hydrogens (tertiary/aromatic N) is 2. The van der Waals surface area contributed by atoms with Crippen molar-refractivity contribution in [3.63, 3.8) is 0 Å². The zero-order valence-corrected chi connectivity index (χ0v) is 18.6. The number of likely N-dealkylation sites (N-methyl/N-ethyl adjacent to an activating group) is 1. The fourth-order valence-corrected chi connectivity index (χ4v) is 3.18. The fourth-order valence-electron chi connectivity index (χ4n) is 3.18. The lowest BCUT2D eigenvalue weighted by Gasteiger charge is -2.40. The summed E-state index contributed by atoms with van der Waals surface area (Å²) in [7, 11) is 3.38. The third-order valence-electron chi connectivity index (χ3n) is 4.82. The van der Waals surface area contributed by atoms with Gasteiger partial charge in [-0.1, -0.05) is 59.3 Å². The Morgan fingerprint density at radius 3 is 1.82 bits per heavy atom. The summed E-state index contributed by atoms with van der Waals surface area (Å²) in [4.78, 5) is 36.0. The SMILES string of the molecule is CCCCCC[C@](CCC(=O)O)(C(=O)O)N(CC)CCCCC.CN(C)C=O. The van der Waals surface area contributed by atoms with Gasteiger partial charge in [0.15, 0.2) is 0 Å². The van der Waals surface area contributed by atoms with Gasteiger partial charge < -0.3 is 15.1 Å². The molecule has 7 heteroatoms. The summed E-state index contributed by atoms with van der Waals surface area (Å²) in [6, 6.07) is 0. The van der Waals surface area contributed by atoms with E-state index in [1.807, 2.05) is 11.8 Å². The first kappa shape index (κ1) is 28.6. The Balaban J connectivity index is 0. The van der Waals surface area contributed by atoms with E-state index in [4.69, 9.17) is 5.11 Å². The number of amides is 1. The molecule has 0 unspecified atom stereocenters. The molecular formula is C21H42N2O5. The molecule has 1 atom stereocenters. The van der Waals surface area contributed by atoms with Crippen LogP contribution in [0.5, 0.6) is 0 Å². The molecule has 1 amide bonds. The summed E-state index contributed by atoms with van der Waals surface area (Å²) in [5.74, 6) is -1.79. The predicted octanol–water partition coefficient (Wildman–Crippen LogP) is 3.86. The molecule has 2 N–H and O–H groups in total. The molecule has 0 radical (unpaired) electrons. The van der Waals surface area contributed by atoms with Gasteiger partial charge >= 0.3 is 11.9 Å². The summed E-state index contributed by atoms with van der Waals surface area (Å²) < 4.78 is 0. The van der Waals surface area contributed by atoms with Gasteiger partial charge in [0.1, 0.15) is 5.54 Å². The molecule has 0 aromatic heterocycles. The zero-order chi connectivity index (χ0) is 22.0. The summed E-state index contributed by atoms with van der Waals surface area (Å²) >= 11 is 0. The fraction of sp³-hybridized carbons (Fsp3) is 0.857. The maximum Gasteiger partial charge on any atom is 0.324 e. The molecule has 0 spiro atoms. The van der Waals surface area contributed by atoms with Crippen molar-refractivity contribution in [1.82, 2.24) is 9.80 Å². The van der Waals surface area contributed by atoms with Gasteiger partial charge in [0.2, 0.25) is 6.41 Å². The third kappa shape index (κ3) is 12.7. The van der Waals surface area contributed by atoms with Crippen molar-refractivity contribution in [1.29, 1.82) is 0 Å². The zero-order valence-electron chi connectivity index (χ0n) is 18.6. The molecule has 0 heterocycles. The number of carboxylic acid groups (broad SMARTS) is 2. The summed E-state index contributed by atoms with van der Waals surface area (Å²) in [5.41, 5.74) is -1.03. The van der Waals surface area contributed by atoms with Crippen LogP contribution >= 0.6 is 0 Å². The van der Waals surface area contributed by atoms with Crippen LogP contribution in [0.1, 0.15) is 85.0 Å². The van der Waals surface area contributed by atoms with Crippen molar-refractivity contribution in [2.75, 3.05) is 27.2 Å². The summed E-state index contributed by atoms with van der Waals surface area (Å²) in [6.45, 7) is 7.58. The molecule has 0 aliphatic carbocycles. The number of rotatable bonds is 16. The van der Waals surface area contributed by atoms with Gasteiger partial charge in [-0.05, 0) is 32.4 Å². The van der Waals surface area contributed by atoms with Crippen molar-refractivity contribution in [2.24, 2.45) is 0 Å². The van der Waals surface area contributed by atoms with E-state index in [2.05, 4.69) is 13.8 Å². The Hall–Kier alpha value is -1.63. The lowest BCUT2D eigenvalue weighted by Crippen LogP contribution is -2.55. The minimum absolute atomic E-state index is 0.0929. The van der Waals surface area contributed by atoms with Crippen LogP contribution in [0.4, 0.5) is 0 Å². The number of unbranched alkanes of at least 4 members (excludes halogenated alkanes) is 5. The number of carbonyl (C=O) groups excluding carboxylic acids is 1. The molecule has 0 aliphatic heterocycles. The summed E-state index contributed by atoms with van der Waals surface area (Å²) in [6.07, 6.45) is 8.53. The van der Waals surface area contributed by atoms with Crippen LogP contribution in [0.2, 0.25) is 0 Å². The summed E-state index contributed by atoms with van der Waals surface area (Å²) in [5, 5.41) is 18.9. The molecule has 0 aliphatic rings. The quantitative estimate of drug-likeness (QED) is 0.300. The molecule has 0 saturated heterocycles. The predicted molar refractivity (Wildman–Crippen MR) is 113 cm³/mol. The maximum atomic E-state index is 12.1. The Morgan fingerprint density at radius 1 is 0.893 bits per heavy atom. The van der Waals surface area contributed by atoms with E-state index in [1.54, 1.807) is 14.1 Å². The molecule has 0 saturated carbocycles. The first-order valence-corrected chi connectivity index (χ1v) is 10.5. The standard InChI is InChI=1S/C18H35NO4.C3H7NO/c1-4-7-9-10-13-18(17(22)23,14-12-16(20)21)19(6-3)15-11-8-5-2;1-4(2)3-5/h4-15H2,1-3H3,(H,20,21)(H,22,23);3H,1-2H3/t18-;/m0./s1. The van der Waals surface area contributed by atoms with Gasteiger partial charge in [-0.25, -0.2) is 0 Å². The molecule has 0 bridgehead atoms. The minimum Gasteiger partial charge on any atom is -0.481 e. The molecule has 28 heavy (non-hydrogen) atoms. The molecule has 0 aromatic carbocycles. The topological polar surface area (TPSA) is 98.1 Å². The Morgan fingerprint density at radius 2 is 1.43 bits per heavy atom. The van der Waals surface area contributed by atoms with Crippen LogP contribution < -0.4 is 0 Å². The van der Waals surface area contributed by atoms with E-state index in [0.29, 0.717) is 13.0 Å². The molecule has 0 fully saturated rings. The average Bonchev–Trinajstić information content (AvgIpc) is 2.65. The number of carboxylic acids is 2. The number of carbonyl (C=O) groups is 3. The highest BCUT2D eigenvalue weighted by Crippen LogP contribution is 2.30. The van der Waals surface area contributed by atoms with Gasteiger partial charge in [-0.3, -0.25) is 19.3 Å². The minimum atomic E-state index is -1.03. The van der Waals surface area contributed by atoms with Crippen LogP contribution in [0, 0.1) is 0 Å². The average molecular weight is 403 g/mol. The first-order valence-electron chi connectivity index (χ1n) is 10.5. The highest BCUT2D eigenvalue weighted by atomic mass is 16.4. The normalized spacial score (nSPS) is 12.6. The molecule has 0 rings (SSSR count). The van der Waals surface area contributed by atoms with Crippen molar-refractivity contribution >= 4 is 18.3 Å². The van der Waals surface area contributed by atoms with Gasteiger partial charge in [-0.2, -0.15) is 0 Å².